The van der Waals surface area contributed by atoms with E-state index in [-0.39, 0.29) is 22.9 Å². The van der Waals surface area contributed by atoms with Crippen LogP contribution in [0.15, 0.2) is 66.0 Å². The summed E-state index contributed by atoms with van der Waals surface area (Å²) in [6.07, 6.45) is 8.84. The van der Waals surface area contributed by atoms with Crippen molar-refractivity contribution in [2.75, 3.05) is 10.0 Å². The first-order chi connectivity index (χ1) is 15.0. The van der Waals surface area contributed by atoms with E-state index in [1.54, 1.807) is 18.2 Å². The molecule has 1 fully saturated rings. The number of hydrogen-bond acceptors (Lipinski definition) is 7. The molecule has 10 heteroatoms. The molecule has 0 saturated heterocycles. The van der Waals surface area contributed by atoms with Crippen LogP contribution in [0.25, 0.3) is 0 Å². The molecule has 9 nitrogen and oxygen atoms in total. The SMILES string of the molecule is O=C(Nc1ccc(S(=O)(=O)Nc2ncccn2)cc1)c1ccnc(OC2CCCC2)c1. The van der Waals surface area contributed by atoms with Crippen molar-refractivity contribution >= 4 is 27.6 Å². The van der Waals surface area contributed by atoms with E-state index in [9.17, 15) is 13.2 Å². The van der Waals surface area contributed by atoms with Crippen LogP contribution in [-0.2, 0) is 10.0 Å². The van der Waals surface area contributed by atoms with E-state index in [4.69, 9.17) is 4.74 Å². The molecule has 2 N–H and O–H groups in total. The molecule has 1 aliphatic carbocycles. The molecule has 2 heterocycles. The lowest BCUT2D eigenvalue weighted by Crippen LogP contribution is -2.16. The topological polar surface area (TPSA) is 123 Å². The van der Waals surface area contributed by atoms with Crippen molar-refractivity contribution in [3.05, 3.63) is 66.6 Å². The summed E-state index contributed by atoms with van der Waals surface area (Å²) in [4.78, 5) is 24.5. The van der Waals surface area contributed by atoms with Gasteiger partial charge in [0.1, 0.15) is 6.10 Å². The highest BCUT2D eigenvalue weighted by molar-refractivity contribution is 7.92. The number of anilines is 2. The van der Waals surface area contributed by atoms with E-state index in [2.05, 4.69) is 25.0 Å². The summed E-state index contributed by atoms with van der Waals surface area (Å²) in [6.45, 7) is 0. The summed E-state index contributed by atoms with van der Waals surface area (Å²) in [5.41, 5.74) is 0.859. The first-order valence-electron chi connectivity index (χ1n) is 9.83. The Morgan fingerprint density at radius 3 is 2.39 bits per heavy atom. The molecule has 3 aromatic rings. The third-order valence-electron chi connectivity index (χ3n) is 4.80. The fraction of sp³-hybridized carbons (Fsp3) is 0.238. The maximum Gasteiger partial charge on any atom is 0.264 e. The summed E-state index contributed by atoms with van der Waals surface area (Å²) < 4.78 is 33.0. The van der Waals surface area contributed by atoms with Gasteiger partial charge < -0.3 is 10.1 Å². The average molecular weight is 439 g/mol. The van der Waals surface area contributed by atoms with Gasteiger partial charge in [-0.05, 0) is 62.1 Å². The zero-order valence-electron chi connectivity index (χ0n) is 16.6. The smallest absolute Gasteiger partial charge is 0.264 e. The fourth-order valence-corrected chi connectivity index (χ4v) is 4.20. The number of amides is 1. The standard InChI is InChI=1S/C21H21N5O4S/c27-20(15-10-13-22-19(14-15)30-17-4-1-2-5-17)25-16-6-8-18(9-7-16)31(28,29)26-21-23-11-3-12-24-21/h3,6-14,17H,1-2,4-5H2,(H,25,27)(H,23,24,26). The minimum atomic E-state index is -3.84. The van der Waals surface area contributed by atoms with Gasteiger partial charge in [0.05, 0.1) is 4.90 Å². The van der Waals surface area contributed by atoms with Crippen molar-refractivity contribution in [2.45, 2.75) is 36.7 Å². The molecule has 0 spiro atoms. The Hall–Kier alpha value is -3.53. The molecule has 160 valence electrons. The van der Waals surface area contributed by atoms with E-state index in [1.165, 1.54) is 42.9 Å². The first kappa shape index (κ1) is 20.7. The predicted octanol–water partition coefficient (Wildman–Crippen LogP) is 3.25. The normalized spacial score (nSPS) is 14.2. The van der Waals surface area contributed by atoms with E-state index < -0.39 is 10.0 Å². The van der Waals surface area contributed by atoms with Gasteiger partial charge in [0.2, 0.25) is 11.8 Å². The first-order valence-corrected chi connectivity index (χ1v) is 11.3. The summed E-state index contributed by atoms with van der Waals surface area (Å²) in [6, 6.07) is 10.6. The molecule has 31 heavy (non-hydrogen) atoms. The Bertz CT molecular complexity index is 1150. The van der Waals surface area contributed by atoms with Gasteiger partial charge in [-0.1, -0.05) is 0 Å². The van der Waals surface area contributed by atoms with Gasteiger partial charge in [-0.3, -0.25) is 4.79 Å². The summed E-state index contributed by atoms with van der Waals surface area (Å²) in [5, 5.41) is 2.75. The Kier molecular flexibility index (Phi) is 6.08. The summed E-state index contributed by atoms with van der Waals surface area (Å²) >= 11 is 0. The molecule has 0 aliphatic heterocycles. The van der Waals surface area contributed by atoms with Crippen LogP contribution in [0.4, 0.5) is 11.6 Å². The minimum absolute atomic E-state index is 0.0202. The van der Waals surface area contributed by atoms with Gasteiger partial charge in [-0.25, -0.2) is 28.1 Å². The highest BCUT2D eigenvalue weighted by atomic mass is 32.2. The Morgan fingerprint density at radius 1 is 0.968 bits per heavy atom. The second-order valence-corrected chi connectivity index (χ2v) is 8.75. The number of nitrogens with one attached hydrogen (secondary N) is 2. The van der Waals surface area contributed by atoms with Gasteiger partial charge in [-0.2, -0.15) is 0 Å². The van der Waals surface area contributed by atoms with Crippen LogP contribution in [0.1, 0.15) is 36.0 Å². The zero-order valence-corrected chi connectivity index (χ0v) is 17.4. The molecule has 1 saturated carbocycles. The van der Waals surface area contributed by atoms with Crippen LogP contribution in [0.5, 0.6) is 5.88 Å². The second-order valence-electron chi connectivity index (χ2n) is 7.06. The highest BCUT2D eigenvalue weighted by Crippen LogP contribution is 2.23. The van der Waals surface area contributed by atoms with Crippen molar-refractivity contribution < 1.29 is 17.9 Å². The fourth-order valence-electron chi connectivity index (χ4n) is 3.24. The summed E-state index contributed by atoms with van der Waals surface area (Å²) in [5.74, 6) is 0.0634. The van der Waals surface area contributed by atoms with Crippen LogP contribution in [-0.4, -0.2) is 35.4 Å². The summed E-state index contributed by atoms with van der Waals surface area (Å²) in [7, 11) is -3.84. The number of nitrogens with zero attached hydrogens (tertiary/aromatic N) is 3. The molecule has 4 rings (SSSR count). The third kappa shape index (κ3) is 5.34. The Balaban J connectivity index is 1.41. The Labute approximate surface area is 180 Å². The molecule has 1 amide bonds. The lowest BCUT2D eigenvalue weighted by molar-refractivity contribution is 0.102. The number of aromatic nitrogens is 3. The number of rotatable bonds is 7. The van der Waals surface area contributed by atoms with E-state index in [0.29, 0.717) is 17.1 Å². The lowest BCUT2D eigenvalue weighted by atomic mass is 10.2. The van der Waals surface area contributed by atoms with Gasteiger partial charge >= 0.3 is 0 Å². The number of hydrogen-bond donors (Lipinski definition) is 2. The molecule has 0 unspecified atom stereocenters. The second kappa shape index (κ2) is 9.09. The predicted molar refractivity (Wildman–Crippen MR) is 114 cm³/mol. The van der Waals surface area contributed by atoms with Crippen molar-refractivity contribution in [3.63, 3.8) is 0 Å². The maximum atomic E-state index is 12.6. The average Bonchev–Trinajstić information content (AvgIpc) is 3.28. The number of carbonyl (C=O) groups excluding carboxylic acids is 1. The van der Waals surface area contributed by atoms with Crippen molar-refractivity contribution in [3.8, 4) is 5.88 Å². The minimum Gasteiger partial charge on any atom is -0.474 e. The van der Waals surface area contributed by atoms with Crippen LogP contribution in [0, 0.1) is 0 Å². The van der Waals surface area contributed by atoms with Crippen molar-refractivity contribution in [1.82, 2.24) is 15.0 Å². The molecular formula is C21H21N5O4S. The van der Waals surface area contributed by atoms with Gasteiger partial charge in [-0.15, -0.1) is 0 Å². The molecule has 0 atom stereocenters. The van der Waals surface area contributed by atoms with E-state index >= 15 is 0 Å². The number of sulfonamides is 1. The van der Waals surface area contributed by atoms with Crippen LogP contribution >= 0.6 is 0 Å². The number of carbonyl (C=O) groups is 1. The van der Waals surface area contributed by atoms with Crippen molar-refractivity contribution in [2.24, 2.45) is 0 Å². The zero-order chi connectivity index (χ0) is 21.7. The largest absolute Gasteiger partial charge is 0.474 e. The van der Waals surface area contributed by atoms with Crippen LogP contribution < -0.4 is 14.8 Å². The molecule has 1 aromatic carbocycles. The van der Waals surface area contributed by atoms with Gasteiger partial charge in [0.25, 0.3) is 15.9 Å². The van der Waals surface area contributed by atoms with E-state index in [1.807, 2.05) is 0 Å². The van der Waals surface area contributed by atoms with Crippen LogP contribution in [0.3, 0.4) is 0 Å². The monoisotopic (exact) mass is 439 g/mol. The molecule has 0 radical (unpaired) electrons. The quantitative estimate of drug-likeness (QED) is 0.579. The molecular weight excluding hydrogens is 418 g/mol. The third-order valence-corrected chi connectivity index (χ3v) is 6.14. The molecule has 0 bridgehead atoms. The molecule has 1 aliphatic rings. The van der Waals surface area contributed by atoms with Crippen LogP contribution in [0.2, 0.25) is 0 Å². The van der Waals surface area contributed by atoms with E-state index in [0.717, 1.165) is 25.7 Å². The number of benzene rings is 1. The molecule has 2 aromatic heterocycles. The van der Waals surface area contributed by atoms with Gasteiger partial charge in [0.15, 0.2) is 0 Å². The highest BCUT2D eigenvalue weighted by Gasteiger charge is 2.18. The Morgan fingerprint density at radius 2 is 1.68 bits per heavy atom. The van der Waals surface area contributed by atoms with Gasteiger partial charge in [0, 0.05) is 35.9 Å². The number of ether oxygens (including phenoxy) is 1. The lowest BCUT2D eigenvalue weighted by Gasteiger charge is -2.13. The maximum absolute atomic E-state index is 12.6. The van der Waals surface area contributed by atoms with Crippen molar-refractivity contribution in [1.29, 1.82) is 0 Å². The number of pyridine rings is 1.